The summed E-state index contributed by atoms with van der Waals surface area (Å²) in [5.41, 5.74) is 5.76. The van der Waals surface area contributed by atoms with Crippen molar-refractivity contribution in [3.05, 3.63) is 22.8 Å². The Labute approximate surface area is 105 Å². The van der Waals surface area contributed by atoms with Crippen LogP contribution < -0.4 is 10.5 Å². The largest absolute Gasteiger partial charge is 0.474 e. The van der Waals surface area contributed by atoms with E-state index in [0.29, 0.717) is 18.3 Å². The molecule has 0 spiro atoms. The molecule has 2 unspecified atom stereocenters. The molecule has 1 aromatic heterocycles. The average molecular weight is 285 g/mol. The van der Waals surface area contributed by atoms with Crippen LogP contribution in [-0.4, -0.2) is 17.6 Å². The first-order valence-corrected chi connectivity index (χ1v) is 6.57. The van der Waals surface area contributed by atoms with Gasteiger partial charge < -0.3 is 10.5 Å². The molecule has 16 heavy (non-hydrogen) atoms. The molecule has 3 nitrogen and oxygen atoms in total. The maximum Gasteiger partial charge on any atom is 0.213 e. The lowest BCUT2D eigenvalue weighted by Gasteiger charge is -2.30. The number of ether oxygens (including phenoxy) is 1. The number of pyridine rings is 1. The molecule has 1 heterocycles. The van der Waals surface area contributed by atoms with Crippen molar-refractivity contribution in [2.75, 3.05) is 6.54 Å². The van der Waals surface area contributed by atoms with Crippen LogP contribution in [0.5, 0.6) is 5.88 Å². The Bertz CT molecular complexity index is 328. The summed E-state index contributed by atoms with van der Waals surface area (Å²) in [5.74, 6) is 1.19. The van der Waals surface area contributed by atoms with E-state index in [1.165, 1.54) is 19.3 Å². The molecule has 1 aromatic rings. The van der Waals surface area contributed by atoms with E-state index in [0.717, 1.165) is 10.9 Å². The number of hydrogen-bond donors (Lipinski definition) is 1. The smallest absolute Gasteiger partial charge is 0.213 e. The van der Waals surface area contributed by atoms with Crippen molar-refractivity contribution in [1.29, 1.82) is 0 Å². The molecule has 4 heteroatoms. The van der Waals surface area contributed by atoms with Gasteiger partial charge in [0.1, 0.15) is 6.10 Å². The fourth-order valence-electron chi connectivity index (χ4n) is 2.19. The fraction of sp³-hybridized carbons (Fsp3) is 0.583. The lowest BCUT2D eigenvalue weighted by Crippen LogP contribution is -2.35. The number of nitrogens with two attached hydrogens (primary N) is 1. The van der Waals surface area contributed by atoms with E-state index < -0.39 is 0 Å². The second kappa shape index (κ2) is 5.64. The second-order valence-electron chi connectivity index (χ2n) is 4.25. The van der Waals surface area contributed by atoms with Gasteiger partial charge in [0.05, 0.1) is 0 Å². The predicted octanol–water partition coefficient (Wildman–Crippen LogP) is 2.74. The fourth-order valence-corrected chi connectivity index (χ4v) is 2.42. The maximum absolute atomic E-state index is 5.90. The lowest BCUT2D eigenvalue weighted by atomic mass is 9.86. The monoisotopic (exact) mass is 284 g/mol. The van der Waals surface area contributed by atoms with E-state index in [-0.39, 0.29) is 6.10 Å². The van der Waals surface area contributed by atoms with Gasteiger partial charge in [-0.15, -0.1) is 0 Å². The van der Waals surface area contributed by atoms with Crippen molar-refractivity contribution in [2.24, 2.45) is 11.7 Å². The number of hydrogen-bond acceptors (Lipinski definition) is 3. The third kappa shape index (κ3) is 2.95. The second-order valence-corrected chi connectivity index (χ2v) is 5.17. The summed E-state index contributed by atoms with van der Waals surface area (Å²) in [4.78, 5) is 4.23. The third-order valence-corrected chi connectivity index (χ3v) is 3.58. The Morgan fingerprint density at radius 2 is 2.19 bits per heavy atom. The molecule has 1 saturated carbocycles. The quantitative estimate of drug-likeness (QED) is 0.929. The van der Waals surface area contributed by atoms with Crippen molar-refractivity contribution in [1.82, 2.24) is 4.98 Å². The minimum Gasteiger partial charge on any atom is -0.474 e. The van der Waals surface area contributed by atoms with Crippen molar-refractivity contribution in [2.45, 2.75) is 31.8 Å². The minimum absolute atomic E-state index is 0.243. The van der Waals surface area contributed by atoms with Gasteiger partial charge in [-0.1, -0.05) is 6.42 Å². The van der Waals surface area contributed by atoms with Gasteiger partial charge in [0, 0.05) is 22.7 Å². The van der Waals surface area contributed by atoms with Gasteiger partial charge in [0.25, 0.3) is 0 Å². The van der Waals surface area contributed by atoms with E-state index in [1.807, 2.05) is 12.1 Å². The summed E-state index contributed by atoms with van der Waals surface area (Å²) in [7, 11) is 0. The number of aromatic nitrogens is 1. The molecule has 1 aliphatic carbocycles. The first-order chi connectivity index (χ1) is 7.79. The van der Waals surface area contributed by atoms with Crippen LogP contribution in [0.3, 0.4) is 0 Å². The van der Waals surface area contributed by atoms with Gasteiger partial charge in [-0.3, -0.25) is 0 Å². The van der Waals surface area contributed by atoms with E-state index >= 15 is 0 Å². The van der Waals surface area contributed by atoms with Crippen LogP contribution in [0.2, 0.25) is 0 Å². The van der Waals surface area contributed by atoms with Gasteiger partial charge in [-0.2, -0.15) is 0 Å². The average Bonchev–Trinajstić information content (AvgIpc) is 2.33. The molecule has 0 saturated heterocycles. The molecule has 2 atom stereocenters. The van der Waals surface area contributed by atoms with E-state index in [2.05, 4.69) is 20.9 Å². The highest BCUT2D eigenvalue weighted by Crippen LogP contribution is 2.27. The van der Waals surface area contributed by atoms with Crippen LogP contribution in [0.25, 0.3) is 0 Å². The zero-order valence-electron chi connectivity index (χ0n) is 9.23. The Balaban J connectivity index is 1.99. The summed E-state index contributed by atoms with van der Waals surface area (Å²) >= 11 is 3.36. The van der Waals surface area contributed by atoms with Gasteiger partial charge in [0.15, 0.2) is 0 Å². The summed E-state index contributed by atoms with van der Waals surface area (Å²) in [5, 5.41) is 0. The first kappa shape index (κ1) is 11.9. The number of nitrogens with zero attached hydrogens (tertiary/aromatic N) is 1. The van der Waals surface area contributed by atoms with Crippen LogP contribution >= 0.6 is 15.9 Å². The van der Waals surface area contributed by atoms with Gasteiger partial charge in [-0.05, 0) is 47.8 Å². The van der Waals surface area contributed by atoms with Gasteiger partial charge in [-0.25, -0.2) is 4.98 Å². The Kier molecular flexibility index (Phi) is 4.18. The maximum atomic E-state index is 5.90. The van der Waals surface area contributed by atoms with Crippen molar-refractivity contribution in [3.8, 4) is 5.88 Å². The van der Waals surface area contributed by atoms with Crippen LogP contribution in [0, 0.1) is 5.92 Å². The zero-order chi connectivity index (χ0) is 11.4. The van der Waals surface area contributed by atoms with E-state index in [1.54, 1.807) is 6.20 Å². The third-order valence-electron chi connectivity index (χ3n) is 3.11. The normalized spacial score (nSPS) is 25.4. The molecule has 0 bridgehead atoms. The molecule has 2 N–H and O–H groups in total. The highest BCUT2D eigenvalue weighted by atomic mass is 79.9. The van der Waals surface area contributed by atoms with Crippen molar-refractivity contribution >= 4 is 15.9 Å². The molecule has 1 aliphatic rings. The SMILES string of the molecule is NCC1CCCCC1Oc1ccc(Br)cn1. The Hall–Kier alpha value is -0.610. The zero-order valence-corrected chi connectivity index (χ0v) is 10.8. The predicted molar refractivity (Wildman–Crippen MR) is 67.4 cm³/mol. The Morgan fingerprint density at radius 1 is 1.38 bits per heavy atom. The molecule has 0 aromatic carbocycles. The van der Waals surface area contributed by atoms with Gasteiger partial charge in [0.2, 0.25) is 5.88 Å². The van der Waals surface area contributed by atoms with Crippen LogP contribution in [-0.2, 0) is 0 Å². The van der Waals surface area contributed by atoms with Crippen molar-refractivity contribution < 1.29 is 4.74 Å². The molecule has 2 rings (SSSR count). The van der Waals surface area contributed by atoms with E-state index in [9.17, 15) is 0 Å². The molecule has 1 fully saturated rings. The lowest BCUT2D eigenvalue weighted by molar-refractivity contribution is 0.0923. The Morgan fingerprint density at radius 3 is 2.88 bits per heavy atom. The highest BCUT2D eigenvalue weighted by molar-refractivity contribution is 9.10. The van der Waals surface area contributed by atoms with Crippen LogP contribution in [0.15, 0.2) is 22.8 Å². The molecule has 0 radical (unpaired) electrons. The number of halogens is 1. The molecular formula is C12H17BrN2O. The van der Waals surface area contributed by atoms with Crippen LogP contribution in [0.4, 0.5) is 0 Å². The van der Waals surface area contributed by atoms with Crippen molar-refractivity contribution in [3.63, 3.8) is 0 Å². The first-order valence-electron chi connectivity index (χ1n) is 5.78. The summed E-state index contributed by atoms with van der Waals surface area (Å²) in [6.45, 7) is 0.710. The minimum atomic E-state index is 0.243. The molecule has 0 aliphatic heterocycles. The summed E-state index contributed by atoms with van der Waals surface area (Å²) in [6, 6.07) is 3.84. The molecule has 0 amide bonds. The van der Waals surface area contributed by atoms with E-state index in [4.69, 9.17) is 10.5 Å². The number of rotatable bonds is 3. The standard InChI is InChI=1S/C12H17BrN2O/c13-10-5-6-12(15-8-10)16-11-4-2-1-3-9(11)7-14/h5-6,8-9,11H,1-4,7,14H2. The molecular weight excluding hydrogens is 268 g/mol. The summed E-state index contributed by atoms with van der Waals surface area (Å²) in [6.07, 6.45) is 6.78. The molecule has 88 valence electrons. The van der Waals surface area contributed by atoms with Gasteiger partial charge >= 0.3 is 0 Å². The topological polar surface area (TPSA) is 48.1 Å². The highest BCUT2D eigenvalue weighted by Gasteiger charge is 2.25. The summed E-state index contributed by atoms with van der Waals surface area (Å²) < 4.78 is 6.87. The van der Waals surface area contributed by atoms with Crippen LogP contribution in [0.1, 0.15) is 25.7 Å².